The van der Waals surface area contributed by atoms with Gasteiger partial charge in [0.2, 0.25) is 0 Å². The van der Waals surface area contributed by atoms with Crippen molar-refractivity contribution in [3.8, 4) is 11.4 Å². The number of ether oxygens (including phenoxy) is 2. The molecule has 1 aliphatic rings. The molecule has 1 atom stereocenters. The highest BCUT2D eigenvalue weighted by atomic mass is 19.4. The summed E-state index contributed by atoms with van der Waals surface area (Å²) in [4.78, 5) is 26.9. The highest BCUT2D eigenvalue weighted by Crippen LogP contribution is 2.26. The number of methoxy groups -OCH3 is 1. The number of nitrogens with one attached hydrogen (secondary N) is 1. The van der Waals surface area contributed by atoms with Gasteiger partial charge in [0, 0.05) is 19.2 Å². The first-order valence-corrected chi connectivity index (χ1v) is 11.2. The van der Waals surface area contributed by atoms with Gasteiger partial charge in [-0.1, -0.05) is 11.3 Å². The molecule has 0 spiro atoms. The average molecular weight is 496 g/mol. The van der Waals surface area contributed by atoms with Crippen LogP contribution in [0.25, 0.3) is 5.69 Å². The van der Waals surface area contributed by atoms with Gasteiger partial charge in [-0.25, -0.2) is 4.68 Å². The molecule has 1 aromatic carbocycles. The van der Waals surface area contributed by atoms with Gasteiger partial charge in [0.05, 0.1) is 25.5 Å². The van der Waals surface area contributed by atoms with E-state index in [1.807, 2.05) is 5.32 Å². The molecule has 2 heterocycles. The molecule has 1 aromatic heterocycles. The second-order valence-electron chi connectivity index (χ2n) is 8.06. The third-order valence-electron chi connectivity index (χ3n) is 5.44. The number of amides is 2. The summed E-state index contributed by atoms with van der Waals surface area (Å²) in [5.74, 6) is -0.944. The number of unbranched alkanes of at least 4 members (excludes halogenated alkanes) is 1. The minimum atomic E-state index is -4.53. The molecule has 3 rings (SSSR count). The highest BCUT2D eigenvalue weighted by molar-refractivity contribution is 5.95. The van der Waals surface area contributed by atoms with Gasteiger partial charge in [-0.3, -0.25) is 9.59 Å². The predicted octanol–water partition coefficient (Wildman–Crippen LogP) is 3.16. The highest BCUT2D eigenvalue weighted by Gasteiger charge is 2.31. The molecule has 0 saturated carbocycles. The predicted molar refractivity (Wildman–Crippen MR) is 121 cm³/mol. The number of carbonyl (C=O) groups is 2. The third kappa shape index (κ3) is 7.04. The van der Waals surface area contributed by atoms with Crippen LogP contribution in [0.5, 0.6) is 5.75 Å². The smallest absolute Gasteiger partial charge is 0.405 e. The Bertz CT molecular complexity index is 1040. The molecule has 0 radical (unpaired) electrons. The molecule has 1 saturated heterocycles. The van der Waals surface area contributed by atoms with Crippen molar-refractivity contribution in [1.29, 1.82) is 0 Å². The van der Waals surface area contributed by atoms with E-state index in [1.54, 1.807) is 18.1 Å². The molecule has 2 aromatic rings. The Balaban J connectivity index is 1.83. The molecule has 12 heteroatoms. The molecule has 35 heavy (non-hydrogen) atoms. The van der Waals surface area contributed by atoms with Gasteiger partial charge < -0.3 is 19.7 Å². The zero-order valence-corrected chi connectivity index (χ0v) is 19.4. The van der Waals surface area contributed by atoms with Gasteiger partial charge in [0.1, 0.15) is 18.0 Å². The van der Waals surface area contributed by atoms with Gasteiger partial charge >= 0.3 is 6.18 Å². The molecule has 0 bridgehead atoms. The van der Waals surface area contributed by atoms with E-state index in [1.165, 1.54) is 29.1 Å². The van der Waals surface area contributed by atoms with Crippen molar-refractivity contribution < 1.29 is 32.2 Å². The number of hydrogen-bond donors (Lipinski definition) is 1. The second-order valence-corrected chi connectivity index (χ2v) is 8.06. The van der Waals surface area contributed by atoms with Crippen molar-refractivity contribution in [2.24, 2.45) is 0 Å². The molecular formula is C23H28F3N5O4. The van der Waals surface area contributed by atoms with Gasteiger partial charge in [-0.05, 0) is 43.9 Å². The average Bonchev–Trinajstić information content (AvgIpc) is 3.50. The first-order valence-electron chi connectivity index (χ1n) is 11.2. The standard InChI is InChI=1S/C23H28F3N5O4/c1-3-4-5-11-35-20-12-16(21(32)27-15-23(24,25)26)8-9-19(20)31-13-18(28-29-31)22(33)30-10-6-7-17(30)14-34-2/h3,8-9,12-13,17H,1,4-7,10-11,14-15H2,2H3,(H,27,32)/t17-/m0/s1. The van der Waals surface area contributed by atoms with Crippen LogP contribution < -0.4 is 10.1 Å². The number of rotatable bonds is 11. The largest absolute Gasteiger partial charge is 0.491 e. The van der Waals surface area contributed by atoms with Crippen molar-refractivity contribution in [2.45, 2.75) is 37.9 Å². The van der Waals surface area contributed by atoms with Gasteiger partial charge in [-0.2, -0.15) is 13.2 Å². The maximum absolute atomic E-state index is 13.0. The SMILES string of the molecule is C=CCCCOc1cc(C(=O)NCC(F)(F)F)ccc1-n1cc(C(=O)N2CCC[C@H]2COC)nn1. The van der Waals surface area contributed by atoms with Crippen LogP contribution in [0, 0.1) is 0 Å². The number of hydrogen-bond acceptors (Lipinski definition) is 6. The lowest BCUT2D eigenvalue weighted by atomic mass is 10.1. The van der Waals surface area contributed by atoms with Crippen LogP contribution in [0.15, 0.2) is 37.1 Å². The van der Waals surface area contributed by atoms with Crippen LogP contribution in [0.2, 0.25) is 0 Å². The fraction of sp³-hybridized carbons (Fsp3) is 0.478. The molecule has 0 aliphatic carbocycles. The zero-order chi connectivity index (χ0) is 25.4. The maximum Gasteiger partial charge on any atom is 0.405 e. The normalized spacial score (nSPS) is 15.8. The Morgan fingerprint density at radius 2 is 2.14 bits per heavy atom. The van der Waals surface area contributed by atoms with Crippen LogP contribution in [-0.2, 0) is 4.74 Å². The molecule has 1 N–H and O–H groups in total. The van der Waals surface area contributed by atoms with Gasteiger partial charge in [0.25, 0.3) is 11.8 Å². The summed E-state index contributed by atoms with van der Waals surface area (Å²) in [7, 11) is 1.58. The lowest BCUT2D eigenvalue weighted by molar-refractivity contribution is -0.123. The lowest BCUT2D eigenvalue weighted by Gasteiger charge is -2.22. The summed E-state index contributed by atoms with van der Waals surface area (Å²) in [6, 6.07) is 4.15. The summed E-state index contributed by atoms with van der Waals surface area (Å²) in [5.41, 5.74) is 0.516. The Labute approximate surface area is 200 Å². The second kappa shape index (κ2) is 11.8. The zero-order valence-electron chi connectivity index (χ0n) is 19.4. The molecule has 1 fully saturated rings. The van der Waals surface area contributed by atoms with Crippen LogP contribution in [0.4, 0.5) is 13.2 Å². The van der Waals surface area contributed by atoms with E-state index in [4.69, 9.17) is 9.47 Å². The van der Waals surface area contributed by atoms with Crippen molar-refractivity contribution in [3.63, 3.8) is 0 Å². The Hall–Kier alpha value is -3.41. The van der Waals surface area contributed by atoms with E-state index < -0.39 is 18.6 Å². The number of carbonyl (C=O) groups excluding carboxylic acids is 2. The van der Waals surface area contributed by atoms with Gasteiger partial charge in [-0.15, -0.1) is 11.7 Å². The molecule has 9 nitrogen and oxygen atoms in total. The Morgan fingerprint density at radius 3 is 2.86 bits per heavy atom. The summed E-state index contributed by atoms with van der Waals surface area (Å²) in [5, 5.41) is 9.88. The van der Waals surface area contributed by atoms with Crippen molar-refractivity contribution in [3.05, 3.63) is 48.3 Å². The Kier molecular flexibility index (Phi) is 8.85. The first-order chi connectivity index (χ1) is 16.7. The van der Waals surface area contributed by atoms with Crippen LogP contribution >= 0.6 is 0 Å². The van der Waals surface area contributed by atoms with Crippen LogP contribution in [0.1, 0.15) is 46.5 Å². The van der Waals surface area contributed by atoms with E-state index >= 15 is 0 Å². The fourth-order valence-corrected chi connectivity index (χ4v) is 3.75. The fourth-order valence-electron chi connectivity index (χ4n) is 3.75. The van der Waals surface area contributed by atoms with Crippen molar-refractivity contribution >= 4 is 11.8 Å². The number of alkyl halides is 3. The van der Waals surface area contributed by atoms with E-state index in [2.05, 4.69) is 16.9 Å². The molecule has 0 unspecified atom stereocenters. The van der Waals surface area contributed by atoms with Crippen molar-refractivity contribution in [1.82, 2.24) is 25.2 Å². The monoisotopic (exact) mass is 495 g/mol. The number of benzene rings is 1. The minimum Gasteiger partial charge on any atom is -0.491 e. The maximum atomic E-state index is 13.0. The number of allylic oxidation sites excluding steroid dienone is 1. The van der Waals surface area contributed by atoms with Crippen LogP contribution in [0.3, 0.4) is 0 Å². The van der Waals surface area contributed by atoms with Crippen molar-refractivity contribution in [2.75, 3.05) is 33.4 Å². The number of likely N-dealkylation sites (tertiary alicyclic amines) is 1. The summed E-state index contributed by atoms with van der Waals surface area (Å²) < 4.78 is 49.8. The first kappa shape index (κ1) is 26.2. The molecule has 1 aliphatic heterocycles. The van der Waals surface area contributed by atoms with E-state index in [-0.39, 0.29) is 35.6 Å². The molecule has 2 amide bonds. The number of halogens is 3. The van der Waals surface area contributed by atoms with E-state index in [0.717, 1.165) is 12.8 Å². The minimum absolute atomic E-state index is 0.00684. The van der Waals surface area contributed by atoms with E-state index in [9.17, 15) is 22.8 Å². The molecule has 190 valence electrons. The number of nitrogens with zero attached hydrogens (tertiary/aromatic N) is 4. The lowest BCUT2D eigenvalue weighted by Crippen LogP contribution is -2.38. The van der Waals surface area contributed by atoms with E-state index in [0.29, 0.717) is 31.7 Å². The summed E-state index contributed by atoms with van der Waals surface area (Å²) in [6.45, 7) is 3.51. The quantitative estimate of drug-likeness (QED) is 0.380. The topological polar surface area (TPSA) is 98.6 Å². The summed E-state index contributed by atoms with van der Waals surface area (Å²) >= 11 is 0. The number of aromatic nitrogens is 3. The van der Waals surface area contributed by atoms with Crippen LogP contribution in [-0.4, -0.2) is 77.3 Å². The summed E-state index contributed by atoms with van der Waals surface area (Å²) in [6.07, 6.45) is 1.71. The third-order valence-corrected chi connectivity index (χ3v) is 5.44. The molecular weight excluding hydrogens is 467 g/mol. The van der Waals surface area contributed by atoms with Gasteiger partial charge in [0.15, 0.2) is 5.69 Å². The Morgan fingerprint density at radius 1 is 1.34 bits per heavy atom.